The number of aromatic amines is 1. The molecule has 4 heterocycles. The maximum absolute atomic E-state index is 14.2. The van der Waals surface area contributed by atoms with Crippen molar-refractivity contribution in [1.29, 1.82) is 0 Å². The summed E-state index contributed by atoms with van der Waals surface area (Å²) in [4.78, 5) is 70.0. The molecule has 2 amide bonds. The van der Waals surface area contributed by atoms with Crippen LogP contribution in [0.1, 0.15) is 48.1 Å². The molecule has 3 aromatic heterocycles. The summed E-state index contributed by atoms with van der Waals surface area (Å²) in [6.45, 7) is 3.69. The van der Waals surface area contributed by atoms with Gasteiger partial charge in [-0.1, -0.05) is 60.7 Å². The van der Waals surface area contributed by atoms with Gasteiger partial charge in [0.2, 0.25) is 0 Å². The van der Waals surface area contributed by atoms with Crippen LogP contribution in [-0.2, 0) is 0 Å². The van der Waals surface area contributed by atoms with Crippen molar-refractivity contribution in [3.63, 3.8) is 0 Å². The first kappa shape index (κ1) is 42.2. The predicted molar refractivity (Wildman–Crippen MR) is 264 cm³/mol. The summed E-state index contributed by atoms with van der Waals surface area (Å²) in [5.41, 5.74) is 7.49. The Morgan fingerprint density at radius 2 is 1.07 bits per heavy atom. The maximum Gasteiger partial charge on any atom is 0.269 e. The van der Waals surface area contributed by atoms with Crippen LogP contribution in [-0.4, -0.2) is 42.4 Å². The molecule has 3 N–H and O–H groups in total. The van der Waals surface area contributed by atoms with Crippen molar-refractivity contribution in [3.05, 3.63) is 210 Å². The number of nitrogens with zero attached hydrogens (tertiary/aromatic N) is 5. The monoisotopic (exact) mass is 918 g/mol. The Morgan fingerprint density at radius 1 is 0.582 bits per heavy atom. The molecule has 0 atom stereocenters. The number of carbonyl (C=O) groups is 2. The van der Waals surface area contributed by atoms with Gasteiger partial charge in [-0.25, -0.2) is 15.0 Å². The van der Waals surface area contributed by atoms with Crippen molar-refractivity contribution in [1.82, 2.24) is 20.3 Å². The lowest BCUT2D eigenvalue weighted by atomic mass is 9.96. The van der Waals surface area contributed by atoms with Gasteiger partial charge in [-0.15, -0.1) is 22.7 Å². The van der Waals surface area contributed by atoms with Gasteiger partial charge in [0.15, 0.2) is 0 Å². The fraction of sp³-hybridized carbons (Fsp3) is 0.0392. The summed E-state index contributed by atoms with van der Waals surface area (Å²) in [7, 11) is 0. The van der Waals surface area contributed by atoms with E-state index in [1.54, 1.807) is 54.6 Å². The minimum Gasteiger partial charge on any atom is -0.341 e. The summed E-state index contributed by atoms with van der Waals surface area (Å²) >= 11 is 2.81. The molecule has 0 unspecified atom stereocenters. The molecule has 9 aromatic rings. The molecule has 0 aliphatic carbocycles. The zero-order valence-electron chi connectivity index (χ0n) is 35.4. The smallest absolute Gasteiger partial charge is 0.269 e. The number of non-ortho nitro benzene ring substituents is 2. The number of anilines is 1. The van der Waals surface area contributed by atoms with E-state index in [2.05, 4.69) is 15.6 Å². The number of aromatic nitrogens is 3. The molecule has 0 saturated heterocycles. The highest BCUT2D eigenvalue weighted by Gasteiger charge is 2.33. The number of nitrogens with one attached hydrogen (secondary N) is 3. The number of rotatable bonds is 10. The number of allylic oxidation sites excluding steroid dienone is 1. The lowest BCUT2D eigenvalue weighted by Crippen LogP contribution is -2.31. The van der Waals surface area contributed by atoms with E-state index >= 15 is 0 Å². The third-order valence-corrected chi connectivity index (χ3v) is 13.4. The lowest BCUT2D eigenvalue weighted by Gasteiger charge is -2.11. The van der Waals surface area contributed by atoms with Crippen molar-refractivity contribution in [2.45, 2.75) is 13.8 Å². The average Bonchev–Trinajstić information content (AvgIpc) is 4.12. The SMILES string of the molecule is Cc1ccccc1C(=O)NC1=NC(=Cc2[nH]c(NC(=O)c3ccccc3C)c(-c3nc4ccccc4s3)c2-c2ccc([N+](=O)[O-])cc2)C(c2ccc([N+](=O)[O-])cc2)=C1c1nc2ccccc2s1. The first-order valence-electron chi connectivity index (χ1n) is 20.8. The van der Waals surface area contributed by atoms with E-state index < -0.39 is 15.8 Å². The molecule has 0 spiro atoms. The summed E-state index contributed by atoms with van der Waals surface area (Å²) in [5.74, 6) is -0.309. The van der Waals surface area contributed by atoms with E-state index in [0.717, 1.165) is 31.6 Å². The van der Waals surface area contributed by atoms with Crippen LogP contribution in [0.15, 0.2) is 156 Å². The van der Waals surface area contributed by atoms with Crippen molar-refractivity contribution < 1.29 is 19.4 Å². The number of hydrogen-bond donors (Lipinski definition) is 3. The Balaban J connectivity index is 1.26. The number of nitro groups is 2. The van der Waals surface area contributed by atoms with Crippen LogP contribution < -0.4 is 10.6 Å². The Bertz CT molecular complexity index is 3540. The second-order valence-corrected chi connectivity index (χ2v) is 17.6. The standard InChI is InChI=1S/C51H34N8O6S2/c1-28-11-3-5-13-34(28)48(60)56-46-44(50-54-36-15-7-9-17-40(36)66-50)42(30-19-23-32(24-20-30)58(62)63)38(52-46)27-39-43(31-21-25-33(26-22-31)59(64)65)45(51-55-37-16-8-10-18-41(37)67-51)47(53-39)57-49(61)35-14-6-4-12-29(35)2/h3-27,52H,1-2H3,(H,56,60)(H,53,57,61). The molecule has 1 aliphatic rings. The van der Waals surface area contributed by atoms with Crippen LogP contribution in [0.25, 0.3) is 59.4 Å². The lowest BCUT2D eigenvalue weighted by molar-refractivity contribution is -0.385. The molecule has 16 heteroatoms. The third kappa shape index (κ3) is 8.07. The van der Waals surface area contributed by atoms with E-state index in [1.165, 1.54) is 46.9 Å². The fourth-order valence-electron chi connectivity index (χ4n) is 8.01. The molecule has 0 saturated carbocycles. The zero-order valence-corrected chi connectivity index (χ0v) is 37.1. The number of thiazole rings is 2. The number of aliphatic imine (C=N–C) groups is 1. The van der Waals surface area contributed by atoms with Gasteiger partial charge < -0.3 is 15.6 Å². The van der Waals surface area contributed by atoms with Crippen molar-refractivity contribution in [3.8, 4) is 21.7 Å². The number of para-hydroxylation sites is 2. The molecule has 0 fully saturated rings. The molecule has 326 valence electrons. The van der Waals surface area contributed by atoms with Gasteiger partial charge in [-0.2, -0.15) is 0 Å². The van der Waals surface area contributed by atoms with Gasteiger partial charge in [-0.05, 0) is 103 Å². The normalized spacial score (nSPS) is 13.0. The van der Waals surface area contributed by atoms with E-state index in [9.17, 15) is 29.8 Å². The molecular weight excluding hydrogens is 885 g/mol. The van der Waals surface area contributed by atoms with Gasteiger partial charge in [0, 0.05) is 46.5 Å². The van der Waals surface area contributed by atoms with Crippen LogP contribution in [0.4, 0.5) is 17.2 Å². The first-order chi connectivity index (χ1) is 32.5. The molecule has 10 rings (SSSR count). The highest BCUT2D eigenvalue weighted by molar-refractivity contribution is 7.21. The highest BCUT2D eigenvalue weighted by atomic mass is 32.1. The second-order valence-electron chi connectivity index (χ2n) is 15.5. The summed E-state index contributed by atoms with van der Waals surface area (Å²) < 4.78 is 1.78. The Hall–Kier alpha value is -8.73. The van der Waals surface area contributed by atoms with E-state index in [-0.39, 0.29) is 23.1 Å². The maximum atomic E-state index is 14.2. The van der Waals surface area contributed by atoms with Crippen LogP contribution in [0.2, 0.25) is 0 Å². The summed E-state index contributed by atoms with van der Waals surface area (Å²) in [6, 6.07) is 41.8. The summed E-state index contributed by atoms with van der Waals surface area (Å²) in [6.07, 6.45) is 1.77. The number of amides is 2. The topological polar surface area (TPSA) is 198 Å². The van der Waals surface area contributed by atoms with Crippen molar-refractivity contribution >= 4 is 95.2 Å². The average molecular weight is 919 g/mol. The Labute approximate surface area is 389 Å². The van der Waals surface area contributed by atoms with Gasteiger partial charge >= 0.3 is 0 Å². The van der Waals surface area contributed by atoms with Gasteiger partial charge in [0.05, 0.1) is 52.8 Å². The minimum atomic E-state index is -0.478. The Morgan fingerprint density at radius 3 is 1.63 bits per heavy atom. The number of fused-ring (bicyclic) bond motifs is 2. The highest BCUT2D eigenvalue weighted by Crippen LogP contribution is 2.47. The number of nitro benzene ring substituents is 2. The number of benzene rings is 6. The number of aryl methyl sites for hydroxylation is 2. The quantitative estimate of drug-likeness (QED) is 0.0889. The molecule has 6 aromatic carbocycles. The van der Waals surface area contributed by atoms with E-state index in [1.807, 2.05) is 86.6 Å². The number of H-pyrrole nitrogens is 1. The molecule has 14 nitrogen and oxygen atoms in total. The largest absolute Gasteiger partial charge is 0.341 e. The molecule has 0 radical (unpaired) electrons. The van der Waals surface area contributed by atoms with Crippen molar-refractivity contribution in [2.75, 3.05) is 5.32 Å². The Kier molecular flexibility index (Phi) is 10.9. The molecule has 67 heavy (non-hydrogen) atoms. The van der Waals surface area contributed by atoms with Crippen LogP contribution in [0.3, 0.4) is 0 Å². The van der Waals surface area contributed by atoms with Gasteiger partial charge in [0.25, 0.3) is 23.2 Å². The fourth-order valence-corrected chi connectivity index (χ4v) is 10.1. The summed E-state index contributed by atoms with van der Waals surface area (Å²) in [5, 5.41) is 31.1. The number of amidine groups is 1. The number of carbonyl (C=O) groups excluding carboxylic acids is 2. The van der Waals surface area contributed by atoms with Crippen LogP contribution in [0, 0.1) is 34.1 Å². The van der Waals surface area contributed by atoms with Crippen LogP contribution >= 0.6 is 22.7 Å². The van der Waals surface area contributed by atoms with E-state index in [0.29, 0.717) is 71.8 Å². The molecule has 0 bridgehead atoms. The second kappa shape index (κ2) is 17.3. The van der Waals surface area contributed by atoms with Crippen LogP contribution in [0.5, 0.6) is 0 Å². The molecule has 1 aliphatic heterocycles. The number of hydrogen-bond acceptors (Lipinski definition) is 11. The minimum absolute atomic E-state index is 0.118. The molecular formula is C51H34N8O6S2. The third-order valence-electron chi connectivity index (χ3n) is 11.3. The van der Waals surface area contributed by atoms with Crippen molar-refractivity contribution in [2.24, 2.45) is 4.99 Å². The first-order valence-corrected chi connectivity index (χ1v) is 22.4. The van der Waals surface area contributed by atoms with Gasteiger partial charge in [-0.3, -0.25) is 29.8 Å². The van der Waals surface area contributed by atoms with Gasteiger partial charge in [0.1, 0.15) is 21.7 Å². The predicted octanol–water partition coefficient (Wildman–Crippen LogP) is 12.0. The van der Waals surface area contributed by atoms with E-state index in [4.69, 9.17) is 15.0 Å². The zero-order chi connectivity index (χ0) is 46.3.